The van der Waals surface area contributed by atoms with E-state index in [0.29, 0.717) is 0 Å². The molecule has 0 aliphatic carbocycles. The van der Waals surface area contributed by atoms with E-state index in [1.807, 2.05) is 12.1 Å². The van der Waals surface area contributed by atoms with Gasteiger partial charge in [-0.25, -0.2) is 0 Å². The van der Waals surface area contributed by atoms with Gasteiger partial charge in [0.25, 0.3) is 0 Å². The van der Waals surface area contributed by atoms with E-state index >= 15 is 0 Å². The summed E-state index contributed by atoms with van der Waals surface area (Å²) < 4.78 is 7.45. The third kappa shape index (κ3) is 1.66. The number of hydrogen-bond acceptors (Lipinski definition) is 1. The van der Waals surface area contributed by atoms with Crippen LogP contribution in [-0.4, -0.2) is 11.7 Å². The Morgan fingerprint density at radius 1 is 0.944 bits per heavy atom. The van der Waals surface area contributed by atoms with Crippen LogP contribution in [0.4, 0.5) is 0 Å². The standard InChI is InChI=1S/C16H15NO/c1-12-11-13-5-3-4-6-16(13)17(12)14-7-9-15(18-2)10-8-14/h3-11H,1-2H3. The third-order valence-electron chi connectivity index (χ3n) is 3.23. The fourth-order valence-corrected chi connectivity index (χ4v) is 2.37. The van der Waals surface area contributed by atoms with E-state index in [9.17, 15) is 0 Å². The number of methoxy groups -OCH3 is 1. The Morgan fingerprint density at radius 3 is 2.39 bits per heavy atom. The summed E-state index contributed by atoms with van der Waals surface area (Å²) in [5, 5.41) is 1.27. The summed E-state index contributed by atoms with van der Waals surface area (Å²) in [6.45, 7) is 2.13. The Balaban J connectivity index is 2.20. The van der Waals surface area contributed by atoms with E-state index in [2.05, 4.69) is 54.0 Å². The number of ether oxygens (including phenoxy) is 1. The number of aromatic nitrogens is 1. The Hall–Kier alpha value is -2.22. The van der Waals surface area contributed by atoms with Crippen LogP contribution in [0.15, 0.2) is 54.6 Å². The van der Waals surface area contributed by atoms with Gasteiger partial charge in [0.1, 0.15) is 5.75 Å². The lowest BCUT2D eigenvalue weighted by Crippen LogP contribution is -1.95. The van der Waals surface area contributed by atoms with E-state index in [1.54, 1.807) is 7.11 Å². The van der Waals surface area contributed by atoms with E-state index < -0.39 is 0 Å². The quantitative estimate of drug-likeness (QED) is 0.658. The molecular formula is C16H15NO. The number of aryl methyl sites for hydroxylation is 1. The Morgan fingerprint density at radius 2 is 1.67 bits per heavy atom. The first-order valence-electron chi connectivity index (χ1n) is 6.01. The lowest BCUT2D eigenvalue weighted by molar-refractivity contribution is 0.415. The van der Waals surface area contributed by atoms with Crippen molar-refractivity contribution in [3.8, 4) is 11.4 Å². The van der Waals surface area contributed by atoms with Crippen molar-refractivity contribution in [3.05, 3.63) is 60.3 Å². The molecule has 2 nitrogen and oxygen atoms in total. The monoisotopic (exact) mass is 237 g/mol. The predicted molar refractivity (Wildman–Crippen MR) is 74.6 cm³/mol. The van der Waals surface area contributed by atoms with Crippen molar-refractivity contribution in [2.24, 2.45) is 0 Å². The second kappa shape index (κ2) is 4.22. The summed E-state index contributed by atoms with van der Waals surface area (Å²) in [5.41, 5.74) is 3.64. The summed E-state index contributed by atoms with van der Waals surface area (Å²) in [5.74, 6) is 0.882. The highest BCUT2D eigenvalue weighted by Gasteiger charge is 2.06. The van der Waals surface area contributed by atoms with Crippen molar-refractivity contribution in [3.63, 3.8) is 0 Å². The van der Waals surface area contributed by atoms with Crippen LogP contribution < -0.4 is 4.74 Å². The largest absolute Gasteiger partial charge is 0.497 e. The molecule has 0 amide bonds. The molecule has 0 radical (unpaired) electrons. The molecule has 3 aromatic rings. The summed E-state index contributed by atoms with van der Waals surface area (Å²) in [6.07, 6.45) is 0. The first kappa shape index (κ1) is 10.9. The maximum absolute atomic E-state index is 5.19. The van der Waals surface area contributed by atoms with E-state index in [-0.39, 0.29) is 0 Å². The number of para-hydroxylation sites is 1. The normalized spacial score (nSPS) is 10.8. The van der Waals surface area contributed by atoms with Crippen molar-refractivity contribution >= 4 is 10.9 Å². The summed E-state index contributed by atoms with van der Waals surface area (Å²) >= 11 is 0. The molecule has 3 rings (SSSR count). The molecular weight excluding hydrogens is 222 g/mol. The Bertz CT molecular complexity index is 680. The van der Waals surface area contributed by atoms with Gasteiger partial charge in [-0.05, 0) is 43.3 Å². The van der Waals surface area contributed by atoms with Crippen molar-refractivity contribution in [1.82, 2.24) is 4.57 Å². The first-order valence-corrected chi connectivity index (χ1v) is 6.01. The van der Waals surface area contributed by atoms with Crippen LogP contribution in [0.1, 0.15) is 5.69 Å². The average molecular weight is 237 g/mol. The fourth-order valence-electron chi connectivity index (χ4n) is 2.37. The number of fused-ring (bicyclic) bond motifs is 1. The van der Waals surface area contributed by atoms with Gasteiger partial charge in [0, 0.05) is 16.8 Å². The maximum atomic E-state index is 5.19. The molecule has 1 aromatic heterocycles. The highest BCUT2D eigenvalue weighted by Crippen LogP contribution is 2.24. The van der Waals surface area contributed by atoms with Gasteiger partial charge in [0.15, 0.2) is 0 Å². The van der Waals surface area contributed by atoms with Crippen LogP contribution in [-0.2, 0) is 0 Å². The minimum Gasteiger partial charge on any atom is -0.497 e. The molecule has 18 heavy (non-hydrogen) atoms. The molecule has 0 saturated carbocycles. The maximum Gasteiger partial charge on any atom is 0.119 e. The smallest absolute Gasteiger partial charge is 0.119 e. The second-order valence-electron chi connectivity index (χ2n) is 4.38. The molecule has 2 aromatic carbocycles. The van der Waals surface area contributed by atoms with E-state index in [1.165, 1.54) is 16.6 Å². The molecule has 0 bridgehead atoms. The molecule has 2 heteroatoms. The van der Waals surface area contributed by atoms with Gasteiger partial charge in [0.2, 0.25) is 0 Å². The topological polar surface area (TPSA) is 14.2 Å². The van der Waals surface area contributed by atoms with Gasteiger partial charge in [-0.1, -0.05) is 18.2 Å². The first-order chi connectivity index (χ1) is 8.79. The van der Waals surface area contributed by atoms with E-state index in [0.717, 1.165) is 11.4 Å². The van der Waals surface area contributed by atoms with Gasteiger partial charge in [-0.3, -0.25) is 0 Å². The molecule has 0 N–H and O–H groups in total. The molecule has 90 valence electrons. The zero-order valence-corrected chi connectivity index (χ0v) is 10.6. The number of benzene rings is 2. The summed E-state index contributed by atoms with van der Waals surface area (Å²) in [4.78, 5) is 0. The van der Waals surface area contributed by atoms with Crippen molar-refractivity contribution in [2.75, 3.05) is 7.11 Å². The number of nitrogens with zero attached hydrogens (tertiary/aromatic N) is 1. The lowest BCUT2D eigenvalue weighted by atomic mass is 10.2. The van der Waals surface area contributed by atoms with Gasteiger partial charge in [0.05, 0.1) is 12.6 Å². The van der Waals surface area contributed by atoms with Gasteiger partial charge < -0.3 is 9.30 Å². The molecule has 0 aliphatic heterocycles. The molecule has 1 heterocycles. The SMILES string of the molecule is COc1ccc(-n2c(C)cc3ccccc32)cc1. The minimum absolute atomic E-state index is 0.882. The van der Waals surface area contributed by atoms with Crippen LogP contribution in [0.5, 0.6) is 5.75 Å². The third-order valence-corrected chi connectivity index (χ3v) is 3.23. The zero-order chi connectivity index (χ0) is 12.5. The Labute approximate surface area is 106 Å². The highest BCUT2D eigenvalue weighted by molar-refractivity contribution is 5.83. The number of rotatable bonds is 2. The van der Waals surface area contributed by atoms with Crippen LogP contribution >= 0.6 is 0 Å². The molecule has 0 spiro atoms. The minimum atomic E-state index is 0.882. The van der Waals surface area contributed by atoms with Gasteiger partial charge >= 0.3 is 0 Å². The van der Waals surface area contributed by atoms with Crippen LogP contribution in [0, 0.1) is 6.92 Å². The lowest BCUT2D eigenvalue weighted by Gasteiger charge is -2.09. The molecule has 0 fully saturated rings. The highest BCUT2D eigenvalue weighted by atomic mass is 16.5. The van der Waals surface area contributed by atoms with Crippen LogP contribution in [0.3, 0.4) is 0 Å². The van der Waals surface area contributed by atoms with Gasteiger partial charge in [-0.2, -0.15) is 0 Å². The molecule has 0 atom stereocenters. The second-order valence-corrected chi connectivity index (χ2v) is 4.38. The summed E-state index contributed by atoms with van der Waals surface area (Å²) in [6, 6.07) is 18.8. The zero-order valence-electron chi connectivity index (χ0n) is 10.6. The Kier molecular flexibility index (Phi) is 2.56. The van der Waals surface area contributed by atoms with Gasteiger partial charge in [-0.15, -0.1) is 0 Å². The van der Waals surface area contributed by atoms with Crippen molar-refractivity contribution in [1.29, 1.82) is 0 Å². The van der Waals surface area contributed by atoms with Crippen LogP contribution in [0.25, 0.3) is 16.6 Å². The molecule has 0 saturated heterocycles. The van der Waals surface area contributed by atoms with E-state index in [4.69, 9.17) is 4.74 Å². The predicted octanol–water partition coefficient (Wildman–Crippen LogP) is 3.95. The summed E-state index contributed by atoms with van der Waals surface area (Å²) in [7, 11) is 1.69. The fraction of sp³-hybridized carbons (Fsp3) is 0.125. The number of hydrogen-bond donors (Lipinski definition) is 0. The molecule has 0 unspecified atom stereocenters. The van der Waals surface area contributed by atoms with Crippen LogP contribution in [0.2, 0.25) is 0 Å². The van der Waals surface area contributed by atoms with Crippen molar-refractivity contribution < 1.29 is 4.74 Å². The molecule has 0 aliphatic rings. The average Bonchev–Trinajstić information content (AvgIpc) is 2.75. The van der Waals surface area contributed by atoms with Crippen molar-refractivity contribution in [2.45, 2.75) is 6.92 Å².